The van der Waals surface area contributed by atoms with Crippen molar-refractivity contribution >= 4 is 11.2 Å². The molecule has 2 saturated heterocycles. The SMILES string of the molecule is Cc1ncnc2c1ncn2C1O[C@H](CO)[C@H]2OC(C)(C)O[C@@H]12. The molecule has 8 nitrogen and oxygen atoms in total. The molecule has 1 N–H and O–H groups in total. The topological polar surface area (TPSA) is 91.5 Å². The van der Waals surface area contributed by atoms with Crippen LogP contribution in [0.1, 0.15) is 25.8 Å². The van der Waals surface area contributed by atoms with Gasteiger partial charge in [-0.25, -0.2) is 15.0 Å². The minimum atomic E-state index is -0.702. The average Bonchev–Trinajstić information content (AvgIpc) is 3.10. The molecule has 0 spiro atoms. The fraction of sp³-hybridized carbons (Fsp3) is 0.643. The van der Waals surface area contributed by atoms with Crippen molar-refractivity contribution < 1.29 is 19.3 Å². The van der Waals surface area contributed by atoms with Crippen molar-refractivity contribution in [2.75, 3.05) is 6.61 Å². The zero-order valence-electron chi connectivity index (χ0n) is 12.6. The first kappa shape index (κ1) is 14.0. The van der Waals surface area contributed by atoms with Gasteiger partial charge in [0.2, 0.25) is 0 Å². The Kier molecular flexibility index (Phi) is 2.99. The smallest absolute Gasteiger partial charge is 0.166 e. The second-order valence-corrected chi connectivity index (χ2v) is 6.10. The van der Waals surface area contributed by atoms with Gasteiger partial charge in [0.25, 0.3) is 0 Å². The number of nitrogens with zero attached hydrogens (tertiary/aromatic N) is 4. The molecule has 2 aromatic rings. The summed E-state index contributed by atoms with van der Waals surface area (Å²) < 4.78 is 19.6. The number of hydrogen-bond donors (Lipinski definition) is 1. The summed E-state index contributed by atoms with van der Waals surface area (Å²) in [4.78, 5) is 12.8. The number of hydrogen-bond acceptors (Lipinski definition) is 7. The predicted molar refractivity (Wildman–Crippen MR) is 74.9 cm³/mol. The van der Waals surface area contributed by atoms with Crippen LogP contribution in [0.2, 0.25) is 0 Å². The van der Waals surface area contributed by atoms with Crippen LogP contribution in [0, 0.1) is 6.92 Å². The third-order valence-corrected chi connectivity index (χ3v) is 4.12. The zero-order valence-corrected chi connectivity index (χ0v) is 12.6. The van der Waals surface area contributed by atoms with Gasteiger partial charge in [0.1, 0.15) is 30.2 Å². The Labute approximate surface area is 127 Å². The molecule has 0 saturated carbocycles. The molecule has 0 bridgehead atoms. The first-order valence-electron chi connectivity index (χ1n) is 7.26. The number of aliphatic hydroxyl groups is 1. The highest BCUT2D eigenvalue weighted by Gasteiger charge is 2.55. The van der Waals surface area contributed by atoms with Crippen LogP contribution < -0.4 is 0 Å². The fourth-order valence-corrected chi connectivity index (χ4v) is 3.19. The lowest BCUT2D eigenvalue weighted by Crippen LogP contribution is -2.31. The normalized spacial score (nSPS) is 33.5. The van der Waals surface area contributed by atoms with Crippen LogP contribution >= 0.6 is 0 Å². The average molecular weight is 306 g/mol. The molecule has 2 aliphatic rings. The van der Waals surface area contributed by atoms with E-state index in [1.54, 1.807) is 6.33 Å². The maximum atomic E-state index is 9.54. The van der Waals surface area contributed by atoms with E-state index in [1.807, 2.05) is 25.3 Å². The predicted octanol–water partition coefficient (Wildman–Crippen LogP) is 0.545. The molecular formula is C14H18N4O4. The summed E-state index contributed by atoms with van der Waals surface area (Å²) in [6.07, 6.45) is 1.66. The number of rotatable bonds is 2. The van der Waals surface area contributed by atoms with Gasteiger partial charge in [-0.1, -0.05) is 0 Å². The number of fused-ring (bicyclic) bond motifs is 2. The molecule has 4 heterocycles. The number of aryl methyl sites for hydroxylation is 1. The van der Waals surface area contributed by atoms with Crippen LogP contribution in [0.25, 0.3) is 11.2 Å². The van der Waals surface area contributed by atoms with Gasteiger partial charge in [0.15, 0.2) is 17.7 Å². The number of imidazole rings is 1. The van der Waals surface area contributed by atoms with E-state index in [0.29, 0.717) is 5.65 Å². The van der Waals surface area contributed by atoms with Crippen molar-refractivity contribution in [3.8, 4) is 0 Å². The molecular weight excluding hydrogens is 288 g/mol. The van der Waals surface area contributed by atoms with Crippen molar-refractivity contribution in [3.63, 3.8) is 0 Å². The Morgan fingerprint density at radius 3 is 2.77 bits per heavy atom. The van der Waals surface area contributed by atoms with Crippen LogP contribution in [0.4, 0.5) is 0 Å². The molecule has 4 atom stereocenters. The summed E-state index contributed by atoms with van der Waals surface area (Å²) in [5.74, 6) is -0.702. The standard InChI is InChI=1S/C14H18N4O4/c1-7-9-12(16-5-15-7)18(6-17-9)13-11-10(8(4-19)20-13)21-14(2,3)22-11/h5-6,8,10-11,13,19H,4H2,1-3H3/t8-,10-,11-,13?/m1/s1. The van der Waals surface area contributed by atoms with Gasteiger partial charge in [-0.15, -0.1) is 0 Å². The molecule has 22 heavy (non-hydrogen) atoms. The van der Waals surface area contributed by atoms with Crippen LogP contribution in [0.3, 0.4) is 0 Å². The van der Waals surface area contributed by atoms with Crippen LogP contribution in [0.5, 0.6) is 0 Å². The van der Waals surface area contributed by atoms with Crippen molar-refractivity contribution in [3.05, 3.63) is 18.3 Å². The monoisotopic (exact) mass is 306 g/mol. The fourth-order valence-electron chi connectivity index (χ4n) is 3.19. The van der Waals surface area contributed by atoms with E-state index in [0.717, 1.165) is 11.2 Å². The van der Waals surface area contributed by atoms with E-state index in [2.05, 4.69) is 15.0 Å². The second-order valence-electron chi connectivity index (χ2n) is 6.10. The molecule has 0 aliphatic carbocycles. The van der Waals surface area contributed by atoms with Crippen molar-refractivity contribution in [1.29, 1.82) is 0 Å². The van der Waals surface area contributed by atoms with E-state index in [4.69, 9.17) is 14.2 Å². The van der Waals surface area contributed by atoms with E-state index < -0.39 is 18.1 Å². The molecule has 0 amide bonds. The third-order valence-electron chi connectivity index (χ3n) is 4.12. The van der Waals surface area contributed by atoms with Crippen LogP contribution in [-0.4, -0.2) is 55.3 Å². The van der Waals surface area contributed by atoms with Crippen molar-refractivity contribution in [2.45, 2.75) is 51.1 Å². The summed E-state index contributed by atoms with van der Waals surface area (Å²) in [7, 11) is 0. The Morgan fingerprint density at radius 2 is 2.00 bits per heavy atom. The highest BCUT2D eigenvalue weighted by molar-refractivity contribution is 5.72. The van der Waals surface area contributed by atoms with Gasteiger partial charge >= 0.3 is 0 Å². The lowest BCUT2D eigenvalue weighted by molar-refractivity contribution is -0.199. The van der Waals surface area contributed by atoms with Crippen molar-refractivity contribution in [1.82, 2.24) is 19.5 Å². The maximum Gasteiger partial charge on any atom is 0.166 e. The Hall–Kier alpha value is -1.61. The first-order chi connectivity index (χ1) is 10.5. The van der Waals surface area contributed by atoms with Gasteiger partial charge in [0, 0.05) is 0 Å². The quantitative estimate of drug-likeness (QED) is 0.866. The maximum absolute atomic E-state index is 9.54. The lowest BCUT2D eigenvalue weighted by atomic mass is 10.1. The second kappa shape index (κ2) is 4.69. The number of aliphatic hydroxyl groups excluding tert-OH is 1. The van der Waals surface area contributed by atoms with Gasteiger partial charge < -0.3 is 19.3 Å². The molecule has 2 aromatic heterocycles. The van der Waals surface area contributed by atoms with Crippen LogP contribution in [-0.2, 0) is 14.2 Å². The Morgan fingerprint density at radius 1 is 1.23 bits per heavy atom. The van der Waals surface area contributed by atoms with Gasteiger partial charge in [-0.05, 0) is 20.8 Å². The third kappa shape index (κ3) is 1.95. The minimum Gasteiger partial charge on any atom is -0.394 e. The summed E-state index contributed by atoms with van der Waals surface area (Å²) in [6.45, 7) is 5.47. The summed E-state index contributed by atoms with van der Waals surface area (Å²) >= 11 is 0. The molecule has 8 heteroatoms. The van der Waals surface area contributed by atoms with E-state index in [-0.39, 0.29) is 18.8 Å². The van der Waals surface area contributed by atoms with Gasteiger partial charge in [-0.3, -0.25) is 4.57 Å². The van der Waals surface area contributed by atoms with Gasteiger partial charge in [0.05, 0.1) is 18.6 Å². The minimum absolute atomic E-state index is 0.127. The summed E-state index contributed by atoms with van der Waals surface area (Å²) in [5.41, 5.74) is 2.22. The molecule has 2 fully saturated rings. The molecule has 0 radical (unpaired) electrons. The van der Waals surface area contributed by atoms with Crippen molar-refractivity contribution in [2.24, 2.45) is 0 Å². The molecule has 0 aromatic carbocycles. The number of ether oxygens (including phenoxy) is 3. The molecule has 118 valence electrons. The lowest BCUT2D eigenvalue weighted by Gasteiger charge is -2.24. The molecule has 4 rings (SSSR count). The van der Waals surface area contributed by atoms with Gasteiger partial charge in [-0.2, -0.15) is 0 Å². The van der Waals surface area contributed by atoms with E-state index in [9.17, 15) is 5.11 Å². The van der Waals surface area contributed by atoms with E-state index in [1.165, 1.54) is 6.33 Å². The Bertz CT molecular complexity index is 716. The highest BCUT2D eigenvalue weighted by atomic mass is 16.8. The van der Waals surface area contributed by atoms with Crippen LogP contribution in [0.15, 0.2) is 12.7 Å². The van der Waals surface area contributed by atoms with E-state index >= 15 is 0 Å². The number of aromatic nitrogens is 4. The zero-order chi connectivity index (χ0) is 15.5. The largest absolute Gasteiger partial charge is 0.394 e. The summed E-state index contributed by atoms with van der Waals surface area (Å²) in [5, 5.41) is 9.54. The highest BCUT2D eigenvalue weighted by Crippen LogP contribution is 2.43. The summed E-state index contributed by atoms with van der Waals surface area (Å²) in [6, 6.07) is 0. The molecule has 2 aliphatic heterocycles. The Balaban J connectivity index is 1.77. The molecule has 1 unspecified atom stereocenters. The first-order valence-corrected chi connectivity index (χ1v) is 7.26.